The molecule has 3 nitrogen and oxygen atoms in total. The van der Waals surface area contributed by atoms with Crippen LogP contribution in [0.25, 0.3) is 10.9 Å². The van der Waals surface area contributed by atoms with Gasteiger partial charge in [0.2, 0.25) is 0 Å². The van der Waals surface area contributed by atoms with Gasteiger partial charge in [0, 0.05) is 35.5 Å². The molecule has 0 unspecified atom stereocenters. The van der Waals surface area contributed by atoms with Gasteiger partial charge in [-0.25, -0.2) is 0 Å². The molecule has 0 atom stereocenters. The molecular weight excluding hydrogens is 253 g/mol. The first kappa shape index (κ1) is 15.9. The third-order valence-corrected chi connectivity index (χ3v) is 3.37. The number of fused-ring (bicyclic) bond motifs is 1. The number of aromatic nitrogens is 1. The molecule has 0 N–H and O–H groups in total. The Hall–Kier alpha value is -0.134. The van der Waals surface area contributed by atoms with Crippen molar-refractivity contribution in [1.29, 1.82) is 0 Å². The largest absolute Gasteiger partial charge is 1.00 e. The summed E-state index contributed by atoms with van der Waals surface area (Å²) >= 11 is 0. The Balaban J connectivity index is 0.00000162. The third kappa shape index (κ3) is 3.06. The van der Waals surface area contributed by atoms with Crippen molar-refractivity contribution in [1.82, 2.24) is 4.57 Å². The predicted octanol–water partition coefficient (Wildman–Crippen LogP) is -1.29. The average Bonchev–Trinajstić information content (AvgIpc) is 2.58. The van der Waals surface area contributed by atoms with Crippen molar-refractivity contribution in [2.45, 2.75) is 33.7 Å². The second-order valence-corrected chi connectivity index (χ2v) is 4.50. The molecule has 0 spiro atoms. The van der Waals surface area contributed by atoms with Gasteiger partial charge in [0.25, 0.3) is 0 Å². The number of carboxylic acids is 1. The summed E-state index contributed by atoms with van der Waals surface area (Å²) in [5, 5.41) is 11.7. The number of benzene rings is 1. The zero-order chi connectivity index (χ0) is 12.6. The molecular formula is C14H16KNO2. The van der Waals surface area contributed by atoms with Crippen molar-refractivity contribution < 1.29 is 61.3 Å². The van der Waals surface area contributed by atoms with E-state index < -0.39 is 5.97 Å². The molecule has 0 bridgehead atoms. The van der Waals surface area contributed by atoms with E-state index in [0.717, 1.165) is 11.2 Å². The Bertz CT molecular complexity index is 587. The molecule has 0 saturated heterocycles. The van der Waals surface area contributed by atoms with Crippen molar-refractivity contribution in [3.8, 4) is 0 Å². The van der Waals surface area contributed by atoms with Crippen molar-refractivity contribution in [2.24, 2.45) is 0 Å². The van der Waals surface area contributed by atoms with Crippen molar-refractivity contribution in [2.75, 3.05) is 0 Å². The van der Waals surface area contributed by atoms with Crippen molar-refractivity contribution in [3.05, 3.63) is 35.0 Å². The van der Waals surface area contributed by atoms with Crippen molar-refractivity contribution >= 4 is 16.9 Å². The fourth-order valence-corrected chi connectivity index (χ4v) is 2.22. The number of nitrogens with zero attached hydrogens (tertiary/aromatic N) is 1. The number of hydrogen-bond donors (Lipinski definition) is 0. The molecule has 2 aromatic rings. The molecule has 2 rings (SSSR count). The van der Waals surface area contributed by atoms with Gasteiger partial charge in [0.1, 0.15) is 0 Å². The maximum Gasteiger partial charge on any atom is 1.00 e. The van der Waals surface area contributed by atoms with Gasteiger partial charge in [-0.15, -0.1) is 0 Å². The standard InChI is InChI=1S/C14H17NO2.K/c1-9-4-5-13-12(11(9)3)8-10(2)15(13)7-6-14(16)17;/h4-5,8H,6-7H2,1-3H3,(H,16,17);/q;+1/p-1. The van der Waals surface area contributed by atoms with Crippen LogP contribution in [0.2, 0.25) is 0 Å². The summed E-state index contributed by atoms with van der Waals surface area (Å²) < 4.78 is 2.04. The zero-order valence-corrected chi connectivity index (χ0v) is 14.5. The van der Waals surface area contributed by atoms with Crippen LogP contribution in [-0.2, 0) is 11.3 Å². The summed E-state index contributed by atoms with van der Waals surface area (Å²) in [7, 11) is 0. The Morgan fingerprint density at radius 1 is 1.28 bits per heavy atom. The second kappa shape index (κ2) is 6.35. The Morgan fingerprint density at radius 2 is 1.94 bits per heavy atom. The monoisotopic (exact) mass is 269 g/mol. The molecule has 0 radical (unpaired) electrons. The molecule has 1 aromatic heterocycles. The minimum atomic E-state index is -1.00. The fourth-order valence-electron chi connectivity index (χ4n) is 2.22. The van der Waals surface area contributed by atoms with E-state index in [2.05, 4.69) is 32.0 Å². The van der Waals surface area contributed by atoms with Crippen LogP contribution in [0.3, 0.4) is 0 Å². The van der Waals surface area contributed by atoms with Gasteiger partial charge in [-0.05, 0) is 44.0 Å². The molecule has 0 aliphatic rings. The molecule has 0 fully saturated rings. The fraction of sp³-hybridized carbons (Fsp3) is 0.357. The average molecular weight is 269 g/mol. The minimum absolute atomic E-state index is 0. The summed E-state index contributed by atoms with van der Waals surface area (Å²) in [6.07, 6.45) is 0.0531. The maximum atomic E-state index is 10.5. The number of carbonyl (C=O) groups excluding carboxylic acids is 1. The predicted molar refractivity (Wildman–Crippen MR) is 65.8 cm³/mol. The van der Waals surface area contributed by atoms with E-state index >= 15 is 0 Å². The quantitative estimate of drug-likeness (QED) is 0.651. The topological polar surface area (TPSA) is 45.1 Å². The van der Waals surface area contributed by atoms with Gasteiger partial charge in [0.15, 0.2) is 0 Å². The van der Waals surface area contributed by atoms with E-state index in [4.69, 9.17) is 0 Å². The van der Waals surface area contributed by atoms with E-state index in [9.17, 15) is 9.90 Å². The van der Waals surface area contributed by atoms with Gasteiger partial charge in [-0.1, -0.05) is 6.07 Å². The maximum absolute atomic E-state index is 10.5. The second-order valence-electron chi connectivity index (χ2n) is 4.50. The van der Waals surface area contributed by atoms with Crippen LogP contribution in [-0.4, -0.2) is 10.5 Å². The number of carbonyl (C=O) groups is 1. The Kier molecular flexibility index (Phi) is 5.61. The van der Waals surface area contributed by atoms with Crippen LogP contribution < -0.4 is 56.5 Å². The molecule has 4 heteroatoms. The SMILES string of the molecule is Cc1ccc2c(cc(C)n2CCC(=O)[O-])c1C.[K+]. The van der Waals surface area contributed by atoms with Crippen LogP contribution in [0.15, 0.2) is 18.2 Å². The minimum Gasteiger partial charge on any atom is -0.550 e. The first-order valence-corrected chi connectivity index (χ1v) is 5.76. The summed E-state index contributed by atoms with van der Waals surface area (Å²) in [5.41, 5.74) is 4.72. The van der Waals surface area contributed by atoms with Gasteiger partial charge >= 0.3 is 51.4 Å². The van der Waals surface area contributed by atoms with Crippen LogP contribution in [0.4, 0.5) is 0 Å². The molecule has 0 aliphatic heterocycles. The number of aliphatic carboxylic acids is 1. The van der Waals surface area contributed by atoms with Gasteiger partial charge in [0.05, 0.1) is 0 Å². The molecule has 1 aromatic carbocycles. The molecule has 0 amide bonds. The van der Waals surface area contributed by atoms with Crippen LogP contribution >= 0.6 is 0 Å². The smallest absolute Gasteiger partial charge is 0.550 e. The molecule has 18 heavy (non-hydrogen) atoms. The van der Waals surface area contributed by atoms with Crippen molar-refractivity contribution in [3.63, 3.8) is 0 Å². The van der Waals surface area contributed by atoms with Crippen LogP contribution in [0.1, 0.15) is 23.2 Å². The first-order valence-electron chi connectivity index (χ1n) is 5.76. The summed E-state index contributed by atoms with van der Waals surface area (Å²) in [5.74, 6) is -1.00. The number of carboxylic acid groups (broad SMARTS) is 1. The summed E-state index contributed by atoms with van der Waals surface area (Å²) in [6.45, 7) is 6.66. The zero-order valence-electron chi connectivity index (χ0n) is 11.4. The van der Waals surface area contributed by atoms with E-state index in [-0.39, 0.29) is 57.8 Å². The summed E-state index contributed by atoms with van der Waals surface area (Å²) in [6, 6.07) is 6.25. The van der Waals surface area contributed by atoms with Crippen LogP contribution in [0.5, 0.6) is 0 Å². The Labute approximate surface area is 150 Å². The molecule has 90 valence electrons. The van der Waals surface area contributed by atoms with E-state index in [1.807, 2.05) is 11.5 Å². The van der Waals surface area contributed by atoms with Gasteiger partial charge in [-0.2, -0.15) is 0 Å². The van der Waals surface area contributed by atoms with Gasteiger partial charge < -0.3 is 14.5 Å². The Morgan fingerprint density at radius 3 is 2.56 bits per heavy atom. The molecule has 1 heterocycles. The summed E-state index contributed by atoms with van der Waals surface area (Å²) in [4.78, 5) is 10.5. The van der Waals surface area contributed by atoms with Crippen LogP contribution in [0, 0.1) is 20.8 Å². The first-order chi connectivity index (χ1) is 8.00. The number of rotatable bonds is 3. The van der Waals surface area contributed by atoms with E-state index in [1.54, 1.807) is 0 Å². The van der Waals surface area contributed by atoms with Gasteiger partial charge in [-0.3, -0.25) is 0 Å². The molecule has 0 aliphatic carbocycles. The third-order valence-electron chi connectivity index (χ3n) is 3.37. The number of hydrogen-bond acceptors (Lipinski definition) is 2. The number of aryl methyl sites for hydroxylation is 4. The molecule has 0 saturated carbocycles. The van der Waals surface area contributed by atoms with E-state index in [0.29, 0.717) is 6.54 Å². The van der Waals surface area contributed by atoms with E-state index in [1.165, 1.54) is 16.5 Å². The normalized spacial score (nSPS) is 10.4.